The minimum absolute atomic E-state index is 0.522. The van der Waals surface area contributed by atoms with E-state index in [1.807, 2.05) is 27.7 Å². The summed E-state index contributed by atoms with van der Waals surface area (Å²) in [7, 11) is -0.752. The van der Waals surface area contributed by atoms with Crippen LogP contribution in [0.2, 0.25) is 5.82 Å². The lowest BCUT2D eigenvalue weighted by Gasteiger charge is -2.32. The number of alkyl halides is 2. The Balaban J connectivity index is 1.82. The summed E-state index contributed by atoms with van der Waals surface area (Å²) in [6.07, 6.45) is 4.13. The van der Waals surface area contributed by atoms with E-state index in [1.54, 1.807) is 0 Å². The zero-order valence-electron chi connectivity index (χ0n) is 12.3. The monoisotopic (exact) mass is 272 g/mol. The fraction of sp³-hybridized carbons (Fsp3) is 1.00. The third-order valence-electron chi connectivity index (χ3n) is 5.86. The molecule has 2 aliphatic carbocycles. The maximum absolute atomic E-state index is 14.3. The predicted molar refractivity (Wildman–Crippen MR) is 70.3 cm³/mol. The largest absolute Gasteiger partial charge is 0.468 e. The van der Waals surface area contributed by atoms with Crippen molar-refractivity contribution in [3.63, 3.8) is 0 Å². The average Bonchev–Trinajstić information content (AvgIpc) is 2.62. The second kappa shape index (κ2) is 3.73. The molecular formula is C14H23BF2O2. The average molecular weight is 272 g/mol. The van der Waals surface area contributed by atoms with Gasteiger partial charge in [-0.05, 0) is 40.5 Å². The van der Waals surface area contributed by atoms with Gasteiger partial charge in [0.25, 0.3) is 5.92 Å². The summed E-state index contributed by atoms with van der Waals surface area (Å²) in [6, 6.07) is 0. The Hall–Kier alpha value is -0.155. The van der Waals surface area contributed by atoms with Crippen LogP contribution in [0.3, 0.4) is 0 Å². The molecule has 0 N–H and O–H groups in total. The van der Waals surface area contributed by atoms with Gasteiger partial charge in [-0.15, -0.1) is 0 Å². The summed E-state index contributed by atoms with van der Waals surface area (Å²) in [5.74, 6) is -3.37. The van der Waals surface area contributed by atoms with E-state index in [2.05, 4.69) is 0 Å². The summed E-state index contributed by atoms with van der Waals surface area (Å²) in [4.78, 5) is 0. The summed E-state index contributed by atoms with van der Waals surface area (Å²) in [5, 5.41) is 0. The molecule has 108 valence electrons. The van der Waals surface area contributed by atoms with Crippen molar-refractivity contribution < 1.29 is 18.1 Å². The number of hydrogen-bond acceptors (Lipinski definition) is 2. The van der Waals surface area contributed by atoms with Crippen LogP contribution in [0.1, 0.15) is 59.8 Å². The van der Waals surface area contributed by atoms with E-state index in [0.717, 1.165) is 19.3 Å². The van der Waals surface area contributed by atoms with Crippen molar-refractivity contribution in [2.75, 3.05) is 0 Å². The van der Waals surface area contributed by atoms with Gasteiger partial charge >= 0.3 is 7.12 Å². The quantitative estimate of drug-likeness (QED) is 0.670. The maximum Gasteiger partial charge on any atom is 0.468 e. The van der Waals surface area contributed by atoms with Crippen LogP contribution in [0, 0.1) is 5.41 Å². The van der Waals surface area contributed by atoms with Crippen molar-refractivity contribution in [2.45, 2.75) is 82.7 Å². The summed E-state index contributed by atoms with van der Waals surface area (Å²) in [6.45, 7) is 7.67. The van der Waals surface area contributed by atoms with Crippen molar-refractivity contribution in [3.05, 3.63) is 0 Å². The van der Waals surface area contributed by atoms with Crippen LogP contribution in [0.15, 0.2) is 0 Å². The highest BCUT2D eigenvalue weighted by Crippen LogP contribution is 2.78. The molecular weight excluding hydrogens is 249 g/mol. The van der Waals surface area contributed by atoms with E-state index < -0.39 is 35.5 Å². The van der Waals surface area contributed by atoms with Gasteiger partial charge in [-0.2, -0.15) is 0 Å². The Morgan fingerprint density at radius 2 is 1.37 bits per heavy atom. The number of hydrogen-bond donors (Lipinski definition) is 0. The molecule has 3 rings (SSSR count). The fourth-order valence-electron chi connectivity index (χ4n) is 3.82. The first kappa shape index (κ1) is 13.8. The molecule has 3 aliphatic rings. The highest BCUT2D eigenvalue weighted by atomic mass is 19.3. The molecule has 1 atom stereocenters. The van der Waals surface area contributed by atoms with Gasteiger partial charge in [-0.3, -0.25) is 0 Å². The smallest absolute Gasteiger partial charge is 0.403 e. The van der Waals surface area contributed by atoms with Gasteiger partial charge < -0.3 is 9.31 Å². The lowest BCUT2D eigenvalue weighted by atomic mass is 9.72. The van der Waals surface area contributed by atoms with Gasteiger partial charge in [0.15, 0.2) is 0 Å². The van der Waals surface area contributed by atoms with Crippen molar-refractivity contribution >= 4 is 7.12 Å². The highest BCUT2D eigenvalue weighted by molar-refractivity contribution is 6.49. The van der Waals surface area contributed by atoms with E-state index in [4.69, 9.17) is 9.31 Å². The van der Waals surface area contributed by atoms with Gasteiger partial charge in [-0.1, -0.05) is 19.3 Å². The normalized spacial score (nSPS) is 37.6. The van der Waals surface area contributed by atoms with E-state index >= 15 is 0 Å². The van der Waals surface area contributed by atoms with Crippen LogP contribution in [0.25, 0.3) is 0 Å². The van der Waals surface area contributed by atoms with Crippen LogP contribution < -0.4 is 0 Å². The Kier molecular flexibility index (Phi) is 2.71. The van der Waals surface area contributed by atoms with Crippen molar-refractivity contribution in [1.29, 1.82) is 0 Å². The first-order valence-corrected chi connectivity index (χ1v) is 7.38. The topological polar surface area (TPSA) is 18.5 Å². The third kappa shape index (κ3) is 1.67. The van der Waals surface area contributed by atoms with E-state index in [-0.39, 0.29) is 0 Å². The van der Waals surface area contributed by atoms with Crippen molar-refractivity contribution in [3.8, 4) is 0 Å². The molecule has 1 unspecified atom stereocenters. The minimum Gasteiger partial charge on any atom is -0.403 e. The lowest BCUT2D eigenvalue weighted by molar-refractivity contribution is 0.00578. The first-order chi connectivity index (χ1) is 8.64. The molecule has 0 aromatic heterocycles. The lowest BCUT2D eigenvalue weighted by Crippen LogP contribution is -2.41. The summed E-state index contributed by atoms with van der Waals surface area (Å²) >= 11 is 0. The molecule has 2 saturated carbocycles. The van der Waals surface area contributed by atoms with Crippen LogP contribution in [0.4, 0.5) is 8.78 Å². The van der Waals surface area contributed by atoms with Crippen LogP contribution >= 0.6 is 0 Å². The molecule has 0 amide bonds. The molecule has 0 bridgehead atoms. The first-order valence-electron chi connectivity index (χ1n) is 7.38. The molecule has 0 aromatic rings. The molecule has 0 radical (unpaired) electrons. The predicted octanol–water partition coefficient (Wildman–Crippen LogP) is 4.05. The summed E-state index contributed by atoms with van der Waals surface area (Å²) in [5.41, 5.74) is -1.88. The van der Waals surface area contributed by atoms with Gasteiger partial charge in [0.05, 0.1) is 17.0 Å². The van der Waals surface area contributed by atoms with Crippen LogP contribution in [-0.2, 0) is 9.31 Å². The Bertz CT molecular complexity index is 373. The minimum atomic E-state index is -2.62. The Morgan fingerprint density at radius 1 is 0.895 bits per heavy atom. The molecule has 3 fully saturated rings. The van der Waals surface area contributed by atoms with E-state index in [9.17, 15) is 8.78 Å². The van der Waals surface area contributed by atoms with E-state index in [1.165, 1.54) is 0 Å². The second-order valence-corrected chi connectivity index (χ2v) is 7.44. The number of halogens is 2. The molecule has 1 aliphatic heterocycles. The molecule has 5 heteroatoms. The zero-order chi connectivity index (χ0) is 14.1. The molecule has 2 nitrogen and oxygen atoms in total. The molecule has 0 aromatic carbocycles. The fourth-order valence-corrected chi connectivity index (χ4v) is 3.82. The standard InChI is InChI=1S/C14H23BF2O2/c1-11(2)12(3,4)19-15(18-11)10-13(14(10,16)17)8-6-5-7-9-13/h10H,5-9H2,1-4H3. The van der Waals surface area contributed by atoms with Gasteiger partial charge in [-0.25, -0.2) is 8.78 Å². The summed E-state index contributed by atoms with van der Waals surface area (Å²) < 4.78 is 40.4. The maximum atomic E-state index is 14.3. The van der Waals surface area contributed by atoms with Gasteiger partial charge in [0, 0.05) is 5.41 Å². The van der Waals surface area contributed by atoms with Crippen LogP contribution in [-0.4, -0.2) is 24.2 Å². The van der Waals surface area contributed by atoms with Gasteiger partial charge in [0.1, 0.15) is 0 Å². The Morgan fingerprint density at radius 3 is 1.84 bits per heavy atom. The van der Waals surface area contributed by atoms with E-state index in [0.29, 0.717) is 12.8 Å². The molecule has 1 saturated heterocycles. The third-order valence-corrected chi connectivity index (χ3v) is 5.86. The Labute approximate surface area is 114 Å². The molecule has 1 heterocycles. The molecule has 19 heavy (non-hydrogen) atoms. The van der Waals surface area contributed by atoms with Crippen molar-refractivity contribution in [2.24, 2.45) is 5.41 Å². The van der Waals surface area contributed by atoms with Gasteiger partial charge in [0.2, 0.25) is 0 Å². The second-order valence-electron chi connectivity index (χ2n) is 7.44. The SMILES string of the molecule is CC1(C)OB(C2C(F)(F)C23CCCCC3)OC1(C)C. The molecule has 1 spiro atoms. The number of rotatable bonds is 1. The van der Waals surface area contributed by atoms with Crippen LogP contribution in [0.5, 0.6) is 0 Å². The zero-order valence-corrected chi connectivity index (χ0v) is 12.3. The van der Waals surface area contributed by atoms with Crippen molar-refractivity contribution in [1.82, 2.24) is 0 Å². The highest BCUT2D eigenvalue weighted by Gasteiger charge is 2.85.